The molecule has 0 fully saturated rings. The summed E-state index contributed by atoms with van der Waals surface area (Å²) in [4.78, 5) is 26.9. The van der Waals surface area contributed by atoms with Crippen LogP contribution in [0.3, 0.4) is 0 Å². The van der Waals surface area contributed by atoms with Crippen LogP contribution >= 0.6 is 11.8 Å². The molecule has 0 aliphatic heterocycles. The molecule has 0 atom stereocenters. The molecule has 0 heterocycles. The summed E-state index contributed by atoms with van der Waals surface area (Å²) >= 11 is 1.37. The lowest BCUT2D eigenvalue weighted by atomic mass is 10.1. The normalized spacial score (nSPS) is 10.4. The molecule has 1 N–H and O–H groups in total. The van der Waals surface area contributed by atoms with E-state index in [-0.39, 0.29) is 11.8 Å². The highest BCUT2D eigenvalue weighted by Gasteiger charge is 2.13. The second-order valence-corrected chi connectivity index (χ2v) is 7.74. The van der Waals surface area contributed by atoms with Crippen molar-refractivity contribution in [3.05, 3.63) is 53.6 Å². The molecule has 7 heteroatoms. The summed E-state index contributed by atoms with van der Waals surface area (Å²) in [5.41, 5.74) is 1.64. The second-order valence-electron chi connectivity index (χ2n) is 6.73. The first-order valence-electron chi connectivity index (χ1n) is 10.0. The number of carbonyl (C=O) groups excluding carboxylic acids is 2. The van der Waals surface area contributed by atoms with Crippen LogP contribution in [0.15, 0.2) is 47.4 Å². The van der Waals surface area contributed by atoms with Crippen LogP contribution in [-0.4, -0.2) is 56.3 Å². The Hall–Kier alpha value is -2.67. The van der Waals surface area contributed by atoms with Crippen LogP contribution in [-0.2, 0) is 11.2 Å². The van der Waals surface area contributed by atoms with Crippen molar-refractivity contribution < 1.29 is 19.1 Å². The van der Waals surface area contributed by atoms with Gasteiger partial charge in [-0.3, -0.25) is 9.59 Å². The van der Waals surface area contributed by atoms with Gasteiger partial charge in [0.1, 0.15) is 0 Å². The average molecular weight is 431 g/mol. The van der Waals surface area contributed by atoms with Gasteiger partial charge in [-0.05, 0) is 50.1 Å². The monoisotopic (exact) mass is 430 g/mol. The number of hydrogen-bond donors (Lipinski definition) is 1. The summed E-state index contributed by atoms with van der Waals surface area (Å²) in [7, 11) is 3.44. The van der Waals surface area contributed by atoms with Crippen LogP contribution < -0.4 is 14.8 Å². The van der Waals surface area contributed by atoms with E-state index < -0.39 is 0 Å². The Kier molecular flexibility index (Phi) is 9.54. The third-order valence-electron chi connectivity index (χ3n) is 4.29. The summed E-state index contributed by atoms with van der Waals surface area (Å²) in [5.74, 6) is 1.60. The minimum Gasteiger partial charge on any atom is -0.490 e. The van der Waals surface area contributed by atoms with Gasteiger partial charge in [-0.25, -0.2) is 0 Å². The Morgan fingerprint density at radius 2 is 1.70 bits per heavy atom. The molecule has 2 amide bonds. The molecule has 30 heavy (non-hydrogen) atoms. The Morgan fingerprint density at radius 3 is 2.40 bits per heavy atom. The van der Waals surface area contributed by atoms with Crippen LogP contribution in [0.2, 0.25) is 0 Å². The first-order valence-corrected chi connectivity index (χ1v) is 11.0. The highest BCUT2D eigenvalue weighted by atomic mass is 32.2. The topological polar surface area (TPSA) is 67.9 Å². The summed E-state index contributed by atoms with van der Waals surface area (Å²) in [6.07, 6.45) is 0.673. The van der Waals surface area contributed by atoms with Gasteiger partial charge in [0.2, 0.25) is 5.91 Å². The third kappa shape index (κ3) is 6.99. The van der Waals surface area contributed by atoms with E-state index in [1.807, 2.05) is 50.2 Å². The fraction of sp³-hybridized carbons (Fsp3) is 0.391. The molecule has 2 aromatic carbocycles. The highest BCUT2D eigenvalue weighted by molar-refractivity contribution is 8.00. The van der Waals surface area contributed by atoms with Crippen molar-refractivity contribution in [2.45, 2.75) is 25.2 Å². The van der Waals surface area contributed by atoms with E-state index in [1.54, 1.807) is 25.1 Å². The summed E-state index contributed by atoms with van der Waals surface area (Å²) in [6.45, 7) is 5.50. The molecule has 0 radical (unpaired) electrons. The van der Waals surface area contributed by atoms with Gasteiger partial charge in [-0.1, -0.05) is 18.2 Å². The molecule has 0 aromatic heterocycles. The van der Waals surface area contributed by atoms with Gasteiger partial charge >= 0.3 is 0 Å². The first-order chi connectivity index (χ1) is 14.5. The number of benzene rings is 2. The summed E-state index contributed by atoms with van der Waals surface area (Å²) in [5, 5.41) is 2.97. The van der Waals surface area contributed by atoms with Crippen molar-refractivity contribution in [2.24, 2.45) is 0 Å². The van der Waals surface area contributed by atoms with E-state index in [2.05, 4.69) is 5.32 Å². The zero-order chi connectivity index (χ0) is 21.9. The molecular formula is C23H30N2O4S. The Labute approximate surface area is 182 Å². The predicted octanol–water partition coefficient (Wildman–Crippen LogP) is 3.64. The van der Waals surface area contributed by atoms with Crippen LogP contribution in [0.25, 0.3) is 0 Å². The number of hydrogen-bond acceptors (Lipinski definition) is 5. The minimum absolute atomic E-state index is 0.0100. The van der Waals surface area contributed by atoms with E-state index in [0.717, 1.165) is 22.0 Å². The van der Waals surface area contributed by atoms with E-state index >= 15 is 0 Å². The molecule has 0 spiro atoms. The van der Waals surface area contributed by atoms with Crippen LogP contribution in [0, 0.1) is 0 Å². The molecule has 6 nitrogen and oxygen atoms in total. The Morgan fingerprint density at radius 1 is 1.00 bits per heavy atom. The maximum absolute atomic E-state index is 12.7. The van der Waals surface area contributed by atoms with Gasteiger partial charge in [0.05, 0.1) is 24.5 Å². The number of amides is 2. The number of ether oxygens (including phenoxy) is 2. The molecule has 162 valence electrons. The van der Waals surface area contributed by atoms with E-state index in [0.29, 0.717) is 37.5 Å². The standard InChI is InChI=1S/C23H30N2O4S/c1-5-28-19-12-11-17(15-20(19)29-6-2)13-14-24-23(27)18-9-7-8-10-21(18)30-16-22(26)25(3)4/h7-12,15H,5-6,13-14,16H2,1-4H3,(H,24,27). The van der Waals surface area contributed by atoms with Gasteiger partial charge in [-0.15, -0.1) is 11.8 Å². The molecule has 0 unspecified atom stereocenters. The first kappa shape index (κ1) is 23.6. The fourth-order valence-corrected chi connectivity index (χ4v) is 3.74. The number of thioether (sulfide) groups is 1. The minimum atomic E-state index is -0.147. The molecule has 0 aliphatic rings. The van der Waals surface area contributed by atoms with Crippen molar-refractivity contribution >= 4 is 23.6 Å². The SMILES string of the molecule is CCOc1ccc(CCNC(=O)c2ccccc2SCC(=O)N(C)C)cc1OCC. The van der Waals surface area contributed by atoms with Gasteiger partial charge in [-0.2, -0.15) is 0 Å². The van der Waals surface area contributed by atoms with E-state index in [1.165, 1.54) is 11.8 Å². The molecular weight excluding hydrogens is 400 g/mol. The lowest BCUT2D eigenvalue weighted by Crippen LogP contribution is -2.26. The predicted molar refractivity (Wildman–Crippen MR) is 121 cm³/mol. The summed E-state index contributed by atoms with van der Waals surface area (Å²) < 4.78 is 11.2. The second kappa shape index (κ2) is 12.1. The molecule has 2 aromatic rings. The van der Waals surface area contributed by atoms with Crippen molar-refractivity contribution in [1.29, 1.82) is 0 Å². The lowest BCUT2D eigenvalue weighted by molar-refractivity contribution is -0.125. The molecule has 2 rings (SSSR count). The van der Waals surface area contributed by atoms with E-state index in [9.17, 15) is 9.59 Å². The Bertz CT molecular complexity index is 855. The molecule has 0 saturated heterocycles. The van der Waals surface area contributed by atoms with Gasteiger partial charge in [0.15, 0.2) is 11.5 Å². The van der Waals surface area contributed by atoms with E-state index in [4.69, 9.17) is 9.47 Å². The van der Waals surface area contributed by atoms with Crippen LogP contribution in [0.4, 0.5) is 0 Å². The van der Waals surface area contributed by atoms with Crippen molar-refractivity contribution in [3.8, 4) is 11.5 Å². The third-order valence-corrected chi connectivity index (χ3v) is 5.35. The van der Waals surface area contributed by atoms with Crippen molar-refractivity contribution in [3.63, 3.8) is 0 Å². The number of carbonyl (C=O) groups is 2. The van der Waals surface area contributed by atoms with Crippen molar-refractivity contribution in [2.75, 3.05) is 39.6 Å². The smallest absolute Gasteiger partial charge is 0.252 e. The number of rotatable bonds is 11. The maximum atomic E-state index is 12.7. The fourth-order valence-electron chi connectivity index (χ4n) is 2.72. The summed E-state index contributed by atoms with van der Waals surface area (Å²) in [6, 6.07) is 13.2. The lowest BCUT2D eigenvalue weighted by Gasteiger charge is -2.13. The van der Waals surface area contributed by atoms with Crippen molar-refractivity contribution in [1.82, 2.24) is 10.2 Å². The van der Waals surface area contributed by atoms with Crippen LogP contribution in [0.5, 0.6) is 11.5 Å². The average Bonchev–Trinajstić information content (AvgIpc) is 2.74. The zero-order valence-electron chi connectivity index (χ0n) is 18.1. The van der Waals surface area contributed by atoms with Crippen LogP contribution in [0.1, 0.15) is 29.8 Å². The van der Waals surface area contributed by atoms with Gasteiger partial charge in [0.25, 0.3) is 5.91 Å². The Balaban J connectivity index is 1.96. The van der Waals surface area contributed by atoms with Gasteiger partial charge in [0, 0.05) is 25.5 Å². The molecule has 0 aliphatic carbocycles. The number of nitrogens with one attached hydrogen (secondary N) is 1. The quantitative estimate of drug-likeness (QED) is 0.552. The van der Waals surface area contributed by atoms with Gasteiger partial charge < -0.3 is 19.7 Å². The largest absolute Gasteiger partial charge is 0.490 e. The zero-order valence-corrected chi connectivity index (χ0v) is 18.9. The number of nitrogens with zero attached hydrogens (tertiary/aromatic N) is 1. The highest BCUT2D eigenvalue weighted by Crippen LogP contribution is 2.28. The molecule has 0 saturated carbocycles. The molecule has 0 bridgehead atoms. The maximum Gasteiger partial charge on any atom is 0.252 e.